The van der Waals surface area contributed by atoms with Crippen LogP contribution >= 0.6 is 0 Å². The highest BCUT2D eigenvalue weighted by molar-refractivity contribution is 5.96. The first kappa shape index (κ1) is 18.4. The highest BCUT2D eigenvalue weighted by Gasteiger charge is 2.24. The van der Waals surface area contributed by atoms with Gasteiger partial charge in [-0.3, -0.25) is 9.20 Å². The Morgan fingerprint density at radius 3 is 2.73 bits per heavy atom. The van der Waals surface area contributed by atoms with E-state index in [1.165, 1.54) is 5.56 Å². The third-order valence-electron chi connectivity index (χ3n) is 5.41. The lowest BCUT2D eigenvalue weighted by Gasteiger charge is -2.10. The predicted molar refractivity (Wildman–Crippen MR) is 117 cm³/mol. The van der Waals surface area contributed by atoms with Gasteiger partial charge in [-0.05, 0) is 43.0 Å². The van der Waals surface area contributed by atoms with Gasteiger partial charge in [0.15, 0.2) is 11.5 Å². The molecular formula is C24H23N5O. The molecule has 1 fully saturated rings. The zero-order chi connectivity index (χ0) is 20.5. The van der Waals surface area contributed by atoms with Gasteiger partial charge in [-0.1, -0.05) is 36.4 Å². The van der Waals surface area contributed by atoms with Crippen LogP contribution in [0.1, 0.15) is 34.3 Å². The number of carbonyl (C=O) groups is 1. The highest BCUT2D eigenvalue weighted by atomic mass is 16.1. The number of aryl methyl sites for hydroxylation is 1. The summed E-state index contributed by atoms with van der Waals surface area (Å²) in [5.41, 5.74) is 5.62. The lowest BCUT2D eigenvalue weighted by molar-refractivity contribution is 0.0950. The average Bonchev–Trinajstić information content (AvgIpc) is 3.47. The predicted octanol–water partition coefficient (Wildman–Crippen LogP) is 4.21. The summed E-state index contributed by atoms with van der Waals surface area (Å²) < 4.78 is 2.03. The van der Waals surface area contributed by atoms with Crippen molar-refractivity contribution in [2.24, 2.45) is 0 Å². The summed E-state index contributed by atoms with van der Waals surface area (Å²) in [5, 5.41) is 6.44. The van der Waals surface area contributed by atoms with E-state index in [0.717, 1.165) is 46.7 Å². The number of aromatic nitrogens is 3. The maximum Gasteiger partial charge on any atom is 0.251 e. The molecule has 1 saturated carbocycles. The minimum atomic E-state index is 0.0105. The van der Waals surface area contributed by atoms with Crippen LogP contribution in [0, 0.1) is 6.92 Å². The van der Waals surface area contributed by atoms with E-state index >= 15 is 0 Å². The quantitative estimate of drug-likeness (QED) is 0.511. The molecule has 2 aromatic carbocycles. The molecule has 1 amide bonds. The second kappa shape index (κ2) is 7.63. The van der Waals surface area contributed by atoms with Crippen LogP contribution in [-0.4, -0.2) is 26.3 Å². The van der Waals surface area contributed by atoms with Crippen molar-refractivity contribution in [1.82, 2.24) is 19.7 Å². The monoisotopic (exact) mass is 397 g/mol. The number of fused-ring (bicyclic) bond motifs is 1. The van der Waals surface area contributed by atoms with E-state index in [1.807, 2.05) is 60.1 Å². The number of hydrogen-bond donors (Lipinski definition) is 2. The number of hydrogen-bond acceptors (Lipinski definition) is 4. The van der Waals surface area contributed by atoms with E-state index in [0.29, 0.717) is 12.6 Å². The maximum atomic E-state index is 12.4. The standard InChI is InChI=1S/C24H23N5O/c1-16-13-18(7-10-20(16)24(30)28-19-8-9-19)21-15-27-23-22(25-11-12-29(21)23)26-14-17-5-3-2-4-6-17/h2-7,10-13,15,19H,8-9,14H2,1H3,(H,25,26)(H,28,30). The molecule has 0 radical (unpaired) electrons. The van der Waals surface area contributed by atoms with E-state index in [9.17, 15) is 4.79 Å². The molecule has 6 heteroatoms. The fraction of sp³-hybridized carbons (Fsp3) is 0.208. The molecule has 0 atom stereocenters. The molecule has 2 N–H and O–H groups in total. The normalized spacial score (nSPS) is 13.4. The molecule has 0 bridgehead atoms. The SMILES string of the molecule is Cc1cc(-c2cnc3c(NCc4ccccc4)nccn23)ccc1C(=O)NC1CC1. The number of anilines is 1. The van der Waals surface area contributed by atoms with E-state index < -0.39 is 0 Å². The van der Waals surface area contributed by atoms with Gasteiger partial charge in [0, 0.05) is 36.1 Å². The number of imidazole rings is 1. The maximum absolute atomic E-state index is 12.4. The molecule has 2 aromatic heterocycles. The van der Waals surface area contributed by atoms with Gasteiger partial charge in [0.05, 0.1) is 11.9 Å². The Balaban J connectivity index is 1.42. The molecule has 5 rings (SSSR count). The Kier molecular flexibility index (Phi) is 4.67. The van der Waals surface area contributed by atoms with Crippen molar-refractivity contribution in [3.05, 3.63) is 83.8 Å². The van der Waals surface area contributed by atoms with E-state index in [2.05, 4.69) is 32.7 Å². The molecule has 0 unspecified atom stereocenters. The zero-order valence-corrected chi connectivity index (χ0v) is 16.8. The van der Waals surface area contributed by atoms with Crippen LogP contribution < -0.4 is 10.6 Å². The van der Waals surface area contributed by atoms with Crippen molar-refractivity contribution in [3.63, 3.8) is 0 Å². The third-order valence-corrected chi connectivity index (χ3v) is 5.41. The second-order valence-corrected chi connectivity index (χ2v) is 7.73. The zero-order valence-electron chi connectivity index (χ0n) is 16.8. The van der Waals surface area contributed by atoms with Gasteiger partial charge in [-0.25, -0.2) is 9.97 Å². The summed E-state index contributed by atoms with van der Waals surface area (Å²) in [6, 6.07) is 16.5. The number of amides is 1. The van der Waals surface area contributed by atoms with Gasteiger partial charge >= 0.3 is 0 Å². The van der Waals surface area contributed by atoms with Crippen molar-refractivity contribution in [2.75, 3.05) is 5.32 Å². The van der Waals surface area contributed by atoms with Gasteiger partial charge in [0.2, 0.25) is 0 Å². The van der Waals surface area contributed by atoms with Crippen molar-refractivity contribution in [1.29, 1.82) is 0 Å². The molecule has 1 aliphatic rings. The molecule has 6 nitrogen and oxygen atoms in total. The molecule has 1 aliphatic carbocycles. The molecule has 4 aromatic rings. The van der Waals surface area contributed by atoms with Gasteiger partial charge in [0.1, 0.15) is 0 Å². The van der Waals surface area contributed by atoms with Crippen molar-refractivity contribution < 1.29 is 4.79 Å². The summed E-state index contributed by atoms with van der Waals surface area (Å²) >= 11 is 0. The van der Waals surface area contributed by atoms with E-state index in [-0.39, 0.29) is 5.91 Å². The Hall–Kier alpha value is -3.67. The highest BCUT2D eigenvalue weighted by Crippen LogP contribution is 2.26. The van der Waals surface area contributed by atoms with Gasteiger partial charge < -0.3 is 10.6 Å². The molecule has 2 heterocycles. The molecule has 30 heavy (non-hydrogen) atoms. The van der Waals surface area contributed by atoms with Crippen LogP contribution in [0.25, 0.3) is 16.9 Å². The first-order chi connectivity index (χ1) is 14.7. The van der Waals surface area contributed by atoms with Crippen LogP contribution in [0.4, 0.5) is 5.82 Å². The molecule has 0 spiro atoms. The molecule has 0 saturated heterocycles. The minimum absolute atomic E-state index is 0.0105. The van der Waals surface area contributed by atoms with Crippen LogP contribution in [0.2, 0.25) is 0 Å². The fourth-order valence-electron chi connectivity index (χ4n) is 3.61. The Morgan fingerprint density at radius 2 is 1.97 bits per heavy atom. The summed E-state index contributed by atoms with van der Waals surface area (Å²) in [6.45, 7) is 2.66. The number of nitrogens with zero attached hydrogens (tertiary/aromatic N) is 3. The average molecular weight is 397 g/mol. The van der Waals surface area contributed by atoms with Crippen molar-refractivity contribution in [3.8, 4) is 11.3 Å². The number of carbonyl (C=O) groups excluding carboxylic acids is 1. The van der Waals surface area contributed by atoms with Crippen molar-refractivity contribution >= 4 is 17.4 Å². The Bertz CT molecular complexity index is 1210. The number of benzene rings is 2. The number of rotatable bonds is 6. The van der Waals surface area contributed by atoms with E-state index in [4.69, 9.17) is 0 Å². The topological polar surface area (TPSA) is 71.3 Å². The fourth-order valence-corrected chi connectivity index (χ4v) is 3.61. The van der Waals surface area contributed by atoms with Crippen LogP contribution in [0.15, 0.2) is 67.1 Å². The summed E-state index contributed by atoms with van der Waals surface area (Å²) in [5.74, 6) is 0.751. The molecule has 150 valence electrons. The summed E-state index contributed by atoms with van der Waals surface area (Å²) in [6.07, 6.45) is 7.70. The smallest absolute Gasteiger partial charge is 0.251 e. The van der Waals surface area contributed by atoms with Crippen LogP contribution in [0.5, 0.6) is 0 Å². The van der Waals surface area contributed by atoms with Crippen LogP contribution in [-0.2, 0) is 6.54 Å². The first-order valence-corrected chi connectivity index (χ1v) is 10.2. The lowest BCUT2D eigenvalue weighted by Crippen LogP contribution is -2.26. The minimum Gasteiger partial charge on any atom is -0.363 e. The van der Waals surface area contributed by atoms with Gasteiger partial charge in [-0.15, -0.1) is 0 Å². The van der Waals surface area contributed by atoms with Gasteiger partial charge in [-0.2, -0.15) is 0 Å². The third kappa shape index (κ3) is 3.64. The largest absolute Gasteiger partial charge is 0.363 e. The molecular weight excluding hydrogens is 374 g/mol. The number of nitrogens with one attached hydrogen (secondary N) is 2. The Labute approximate surface area is 175 Å². The van der Waals surface area contributed by atoms with Crippen LogP contribution in [0.3, 0.4) is 0 Å². The lowest BCUT2D eigenvalue weighted by atomic mass is 10.0. The van der Waals surface area contributed by atoms with Gasteiger partial charge in [0.25, 0.3) is 5.91 Å². The second-order valence-electron chi connectivity index (χ2n) is 7.73. The summed E-state index contributed by atoms with van der Waals surface area (Å²) in [7, 11) is 0. The Morgan fingerprint density at radius 1 is 1.13 bits per heavy atom. The van der Waals surface area contributed by atoms with Crippen molar-refractivity contribution in [2.45, 2.75) is 32.4 Å². The van der Waals surface area contributed by atoms with E-state index in [1.54, 1.807) is 6.20 Å². The summed E-state index contributed by atoms with van der Waals surface area (Å²) in [4.78, 5) is 21.5. The molecule has 0 aliphatic heterocycles. The first-order valence-electron chi connectivity index (χ1n) is 10.2.